The molecule has 10 heteroatoms. The van der Waals surface area contributed by atoms with Gasteiger partial charge in [0, 0.05) is 39.3 Å². The summed E-state index contributed by atoms with van der Waals surface area (Å²) in [6.07, 6.45) is 2.84. The lowest BCUT2D eigenvalue weighted by atomic mass is 10.1. The molecule has 1 unspecified atom stereocenters. The Morgan fingerprint density at radius 1 is 1.32 bits per heavy atom. The summed E-state index contributed by atoms with van der Waals surface area (Å²) < 4.78 is 9.37. The van der Waals surface area contributed by atoms with Crippen LogP contribution in [0.5, 0.6) is 0 Å². The van der Waals surface area contributed by atoms with Crippen molar-refractivity contribution in [1.29, 1.82) is 0 Å². The van der Waals surface area contributed by atoms with E-state index in [1.54, 1.807) is 0 Å². The van der Waals surface area contributed by atoms with Crippen molar-refractivity contribution < 1.29 is 4.74 Å². The second kappa shape index (κ2) is 9.63. The van der Waals surface area contributed by atoms with Crippen LogP contribution >= 0.6 is 0 Å². The van der Waals surface area contributed by atoms with Gasteiger partial charge in [0.25, 0.3) is 0 Å². The summed E-state index contributed by atoms with van der Waals surface area (Å²) in [5.41, 5.74) is 0. The zero-order chi connectivity index (χ0) is 19.9. The smallest absolute Gasteiger partial charge is 0.191 e. The minimum atomic E-state index is 0.257. The van der Waals surface area contributed by atoms with Gasteiger partial charge in [-0.05, 0) is 33.6 Å². The molecule has 0 bridgehead atoms. The fraction of sp³-hybridized carbons (Fsp3) is 0.722. The number of aryl methyl sites for hydroxylation is 3. The summed E-state index contributed by atoms with van der Waals surface area (Å²) in [4.78, 5) is 9.20. The molecule has 154 valence electrons. The van der Waals surface area contributed by atoms with Crippen LogP contribution in [-0.4, -0.2) is 61.3 Å². The van der Waals surface area contributed by atoms with E-state index >= 15 is 0 Å². The predicted molar refractivity (Wildman–Crippen MR) is 106 cm³/mol. The standard InChI is InChI=1S/C18H31N9O/c1-5-28-10-6-9-19-18(20-11-17-24-23-14(3)26(17)4)22-15-7-8-16-21-13(2)25-27(16)12-15/h15H,5-12H2,1-4H3,(H2,19,20,22). The second-order valence-corrected chi connectivity index (χ2v) is 7.00. The van der Waals surface area contributed by atoms with Crippen LogP contribution in [0.2, 0.25) is 0 Å². The highest BCUT2D eigenvalue weighted by atomic mass is 16.5. The van der Waals surface area contributed by atoms with E-state index in [4.69, 9.17) is 9.73 Å². The molecule has 1 aliphatic heterocycles. The molecule has 2 aromatic rings. The molecule has 0 spiro atoms. The Bertz CT molecular complexity index is 795. The van der Waals surface area contributed by atoms with Gasteiger partial charge in [0.15, 0.2) is 11.8 Å². The van der Waals surface area contributed by atoms with E-state index in [-0.39, 0.29) is 6.04 Å². The third kappa shape index (κ3) is 5.28. The highest BCUT2D eigenvalue weighted by Crippen LogP contribution is 2.12. The molecule has 0 saturated carbocycles. The van der Waals surface area contributed by atoms with Gasteiger partial charge in [0.2, 0.25) is 0 Å². The molecule has 0 fully saturated rings. The first-order chi connectivity index (χ1) is 13.6. The quantitative estimate of drug-likeness (QED) is 0.385. The first-order valence-electron chi connectivity index (χ1n) is 9.94. The van der Waals surface area contributed by atoms with Gasteiger partial charge in [0.05, 0.1) is 6.54 Å². The molecule has 28 heavy (non-hydrogen) atoms. The lowest BCUT2D eigenvalue weighted by Gasteiger charge is -2.25. The maximum Gasteiger partial charge on any atom is 0.191 e. The van der Waals surface area contributed by atoms with Crippen molar-refractivity contribution in [3.63, 3.8) is 0 Å². The molecule has 3 heterocycles. The van der Waals surface area contributed by atoms with E-state index in [0.29, 0.717) is 6.54 Å². The number of hydrogen-bond donors (Lipinski definition) is 2. The maximum absolute atomic E-state index is 5.41. The zero-order valence-electron chi connectivity index (χ0n) is 17.3. The average molecular weight is 390 g/mol. The van der Waals surface area contributed by atoms with Crippen molar-refractivity contribution in [2.24, 2.45) is 12.0 Å². The summed E-state index contributed by atoms with van der Waals surface area (Å²) >= 11 is 0. The van der Waals surface area contributed by atoms with Crippen molar-refractivity contribution in [2.75, 3.05) is 19.8 Å². The van der Waals surface area contributed by atoms with Crippen molar-refractivity contribution in [1.82, 2.24) is 40.2 Å². The van der Waals surface area contributed by atoms with Gasteiger partial charge in [-0.25, -0.2) is 14.7 Å². The molecular weight excluding hydrogens is 358 g/mol. The molecule has 10 nitrogen and oxygen atoms in total. The molecular formula is C18H31N9O. The minimum absolute atomic E-state index is 0.257. The molecule has 0 aromatic carbocycles. The van der Waals surface area contributed by atoms with Crippen molar-refractivity contribution in [3.8, 4) is 0 Å². The van der Waals surface area contributed by atoms with Gasteiger partial charge in [0.1, 0.15) is 24.0 Å². The minimum Gasteiger partial charge on any atom is -0.382 e. The SMILES string of the molecule is CCOCCCNC(=NCc1nnc(C)n1C)NC1CCc2nc(C)nn2C1. The zero-order valence-corrected chi connectivity index (χ0v) is 17.3. The van der Waals surface area contributed by atoms with E-state index in [1.807, 2.05) is 37.1 Å². The number of ether oxygens (including phenoxy) is 1. The molecule has 2 N–H and O–H groups in total. The van der Waals surface area contributed by atoms with Gasteiger partial charge in [-0.15, -0.1) is 10.2 Å². The highest BCUT2D eigenvalue weighted by molar-refractivity contribution is 5.80. The topological polar surface area (TPSA) is 107 Å². The van der Waals surface area contributed by atoms with Crippen LogP contribution in [0.25, 0.3) is 0 Å². The maximum atomic E-state index is 5.41. The van der Waals surface area contributed by atoms with Crippen LogP contribution in [-0.2, 0) is 31.3 Å². The molecule has 1 atom stereocenters. The first-order valence-corrected chi connectivity index (χ1v) is 9.94. The Morgan fingerprint density at radius 3 is 2.93 bits per heavy atom. The van der Waals surface area contributed by atoms with Gasteiger partial charge in [-0.1, -0.05) is 0 Å². The Kier molecular flexibility index (Phi) is 6.96. The molecule has 3 rings (SSSR count). The third-order valence-corrected chi connectivity index (χ3v) is 4.83. The van der Waals surface area contributed by atoms with E-state index in [2.05, 4.69) is 30.9 Å². The molecule has 1 aliphatic rings. The number of fused-ring (bicyclic) bond motifs is 1. The van der Waals surface area contributed by atoms with Crippen LogP contribution in [0, 0.1) is 13.8 Å². The van der Waals surface area contributed by atoms with E-state index in [9.17, 15) is 0 Å². The lowest BCUT2D eigenvalue weighted by molar-refractivity contribution is 0.145. The summed E-state index contributed by atoms with van der Waals surface area (Å²) in [5, 5.41) is 19.7. The van der Waals surface area contributed by atoms with E-state index in [0.717, 1.165) is 74.8 Å². The lowest BCUT2D eigenvalue weighted by Crippen LogP contribution is -2.47. The van der Waals surface area contributed by atoms with E-state index < -0.39 is 0 Å². The summed E-state index contributed by atoms with van der Waals surface area (Å²) in [6.45, 7) is 9.42. The van der Waals surface area contributed by atoms with Crippen molar-refractivity contribution in [3.05, 3.63) is 23.3 Å². The van der Waals surface area contributed by atoms with Crippen LogP contribution in [0.4, 0.5) is 0 Å². The van der Waals surface area contributed by atoms with Gasteiger partial charge in [-0.2, -0.15) is 5.10 Å². The van der Waals surface area contributed by atoms with Gasteiger partial charge >= 0.3 is 0 Å². The van der Waals surface area contributed by atoms with Crippen LogP contribution in [0.1, 0.15) is 43.1 Å². The summed E-state index contributed by atoms with van der Waals surface area (Å²) in [7, 11) is 1.96. The molecule has 0 radical (unpaired) electrons. The monoisotopic (exact) mass is 389 g/mol. The fourth-order valence-electron chi connectivity index (χ4n) is 3.16. The first kappa shape index (κ1) is 20.2. The summed E-state index contributed by atoms with van der Waals surface area (Å²) in [6, 6.07) is 0.257. The number of nitrogens with zero attached hydrogens (tertiary/aromatic N) is 7. The Balaban J connectivity index is 1.61. The van der Waals surface area contributed by atoms with Crippen LogP contribution in [0.3, 0.4) is 0 Å². The normalized spacial score (nSPS) is 16.9. The number of hydrogen-bond acceptors (Lipinski definition) is 6. The molecule has 0 saturated heterocycles. The molecule has 0 aliphatic carbocycles. The van der Waals surface area contributed by atoms with Gasteiger partial charge < -0.3 is 19.9 Å². The number of nitrogens with one attached hydrogen (secondary N) is 2. The van der Waals surface area contributed by atoms with Crippen molar-refractivity contribution in [2.45, 2.75) is 59.2 Å². The molecule has 2 aromatic heterocycles. The number of guanidine groups is 1. The molecule has 0 amide bonds. The Hall–Kier alpha value is -2.49. The fourth-order valence-corrected chi connectivity index (χ4v) is 3.16. The Labute approximate surface area is 165 Å². The largest absolute Gasteiger partial charge is 0.382 e. The number of aliphatic imine (C=N–C) groups is 1. The van der Waals surface area contributed by atoms with Gasteiger partial charge in [-0.3, -0.25) is 0 Å². The second-order valence-electron chi connectivity index (χ2n) is 7.00. The van der Waals surface area contributed by atoms with Crippen molar-refractivity contribution >= 4 is 5.96 Å². The summed E-state index contributed by atoms with van der Waals surface area (Å²) in [5.74, 6) is 4.39. The van der Waals surface area contributed by atoms with E-state index in [1.165, 1.54) is 0 Å². The Morgan fingerprint density at radius 2 is 2.18 bits per heavy atom. The van der Waals surface area contributed by atoms with Crippen LogP contribution in [0.15, 0.2) is 4.99 Å². The predicted octanol–water partition coefficient (Wildman–Crippen LogP) is 0.500. The number of rotatable bonds is 8. The van der Waals surface area contributed by atoms with Crippen LogP contribution < -0.4 is 10.6 Å². The third-order valence-electron chi connectivity index (χ3n) is 4.83. The number of aromatic nitrogens is 6. The highest BCUT2D eigenvalue weighted by Gasteiger charge is 2.21. The average Bonchev–Trinajstić information content (AvgIpc) is 3.20.